The summed E-state index contributed by atoms with van der Waals surface area (Å²) in [6.07, 6.45) is 3.48. The Labute approximate surface area is 108 Å². The number of carbonyl (C=O) groups excluding carboxylic acids is 1. The molecule has 0 bridgehead atoms. The SMILES string of the molecule is Cc1ccc(C(=O)/C=C/c2ccccc2)c(C)c1. The minimum Gasteiger partial charge on any atom is -0.289 e. The fraction of sp³-hybridized carbons (Fsp3) is 0.118. The van der Waals surface area contributed by atoms with E-state index in [1.165, 1.54) is 5.56 Å². The molecule has 2 aromatic carbocycles. The van der Waals surface area contributed by atoms with Gasteiger partial charge in [0.15, 0.2) is 5.78 Å². The molecule has 0 radical (unpaired) electrons. The number of hydrogen-bond acceptors (Lipinski definition) is 1. The first kappa shape index (κ1) is 12.3. The molecule has 0 saturated carbocycles. The van der Waals surface area contributed by atoms with Crippen molar-refractivity contribution in [3.05, 3.63) is 76.9 Å². The Hall–Kier alpha value is -2.15. The topological polar surface area (TPSA) is 17.1 Å². The number of ketones is 1. The van der Waals surface area contributed by atoms with Crippen LogP contribution in [0.15, 0.2) is 54.6 Å². The third-order valence-electron chi connectivity index (χ3n) is 2.87. The molecule has 0 aliphatic rings. The van der Waals surface area contributed by atoms with Crippen LogP contribution in [-0.4, -0.2) is 5.78 Å². The summed E-state index contributed by atoms with van der Waals surface area (Å²) in [6, 6.07) is 15.7. The highest BCUT2D eigenvalue weighted by Crippen LogP contribution is 2.12. The molecule has 0 saturated heterocycles. The molecule has 0 N–H and O–H groups in total. The van der Waals surface area contributed by atoms with Crippen molar-refractivity contribution in [3.8, 4) is 0 Å². The summed E-state index contributed by atoms with van der Waals surface area (Å²) in [5.41, 5.74) is 4.01. The second-order valence-electron chi connectivity index (χ2n) is 4.43. The summed E-state index contributed by atoms with van der Waals surface area (Å²) < 4.78 is 0. The van der Waals surface area contributed by atoms with Crippen LogP contribution >= 0.6 is 0 Å². The standard InChI is InChI=1S/C17H16O/c1-13-8-10-16(14(2)12-13)17(18)11-9-15-6-4-3-5-7-15/h3-12H,1-2H3/b11-9+. The van der Waals surface area contributed by atoms with Crippen LogP contribution in [0, 0.1) is 13.8 Å². The van der Waals surface area contributed by atoms with Gasteiger partial charge in [0.25, 0.3) is 0 Å². The third kappa shape index (κ3) is 2.95. The summed E-state index contributed by atoms with van der Waals surface area (Å²) in [5, 5.41) is 0. The second kappa shape index (κ2) is 5.46. The minimum absolute atomic E-state index is 0.0522. The lowest BCUT2D eigenvalue weighted by atomic mass is 10.0. The van der Waals surface area contributed by atoms with Crippen LogP contribution in [0.3, 0.4) is 0 Å². The molecule has 0 spiro atoms. The van der Waals surface area contributed by atoms with Crippen LogP contribution in [0.25, 0.3) is 6.08 Å². The van der Waals surface area contributed by atoms with E-state index >= 15 is 0 Å². The van der Waals surface area contributed by atoms with E-state index in [2.05, 4.69) is 0 Å². The van der Waals surface area contributed by atoms with Crippen molar-refractivity contribution in [2.45, 2.75) is 13.8 Å². The number of hydrogen-bond donors (Lipinski definition) is 0. The smallest absolute Gasteiger partial charge is 0.186 e. The Kier molecular flexibility index (Phi) is 3.73. The van der Waals surface area contributed by atoms with Gasteiger partial charge in [-0.3, -0.25) is 4.79 Å². The molecule has 1 heteroatoms. The summed E-state index contributed by atoms with van der Waals surface area (Å²) in [4.78, 5) is 12.1. The average molecular weight is 236 g/mol. The number of carbonyl (C=O) groups is 1. The Morgan fingerprint density at radius 1 is 1.00 bits per heavy atom. The summed E-state index contributed by atoms with van der Waals surface area (Å²) in [7, 11) is 0. The zero-order chi connectivity index (χ0) is 13.0. The maximum Gasteiger partial charge on any atom is 0.186 e. The predicted molar refractivity (Wildman–Crippen MR) is 75.7 cm³/mol. The Morgan fingerprint density at radius 3 is 2.39 bits per heavy atom. The first-order chi connectivity index (χ1) is 8.66. The van der Waals surface area contributed by atoms with Gasteiger partial charge in [0.1, 0.15) is 0 Å². The van der Waals surface area contributed by atoms with Crippen molar-refractivity contribution in [1.82, 2.24) is 0 Å². The van der Waals surface area contributed by atoms with Crippen LogP contribution in [0.5, 0.6) is 0 Å². The van der Waals surface area contributed by atoms with Gasteiger partial charge in [-0.2, -0.15) is 0 Å². The zero-order valence-corrected chi connectivity index (χ0v) is 10.7. The van der Waals surface area contributed by atoms with Crippen molar-refractivity contribution < 1.29 is 4.79 Å². The molecule has 2 rings (SSSR count). The van der Waals surface area contributed by atoms with Crippen molar-refractivity contribution in [2.75, 3.05) is 0 Å². The van der Waals surface area contributed by atoms with Crippen LogP contribution < -0.4 is 0 Å². The van der Waals surface area contributed by atoms with Crippen LogP contribution in [0.4, 0.5) is 0 Å². The molecule has 18 heavy (non-hydrogen) atoms. The van der Waals surface area contributed by atoms with Crippen LogP contribution in [0.1, 0.15) is 27.0 Å². The lowest BCUT2D eigenvalue weighted by Crippen LogP contribution is -1.97. The highest BCUT2D eigenvalue weighted by molar-refractivity contribution is 6.07. The Bertz CT molecular complexity index is 580. The maximum atomic E-state index is 12.1. The molecule has 0 heterocycles. The summed E-state index contributed by atoms with van der Waals surface area (Å²) in [6.45, 7) is 4.00. The fourth-order valence-corrected chi connectivity index (χ4v) is 1.92. The molecule has 1 nitrogen and oxygen atoms in total. The Balaban J connectivity index is 2.20. The van der Waals surface area contributed by atoms with E-state index in [0.717, 1.165) is 16.7 Å². The van der Waals surface area contributed by atoms with E-state index in [1.807, 2.05) is 68.5 Å². The third-order valence-corrected chi connectivity index (χ3v) is 2.87. The molecule has 0 unspecified atom stereocenters. The number of aryl methyl sites for hydroxylation is 2. The maximum absolute atomic E-state index is 12.1. The number of rotatable bonds is 3. The molecular weight excluding hydrogens is 220 g/mol. The normalized spacial score (nSPS) is 10.8. The van der Waals surface area contributed by atoms with Gasteiger partial charge >= 0.3 is 0 Å². The molecule has 0 fully saturated rings. The largest absolute Gasteiger partial charge is 0.289 e. The van der Waals surface area contributed by atoms with Gasteiger partial charge in [-0.15, -0.1) is 0 Å². The molecule has 0 aliphatic heterocycles. The van der Waals surface area contributed by atoms with Gasteiger partial charge in [-0.25, -0.2) is 0 Å². The summed E-state index contributed by atoms with van der Waals surface area (Å²) in [5.74, 6) is 0.0522. The van der Waals surface area contributed by atoms with Gasteiger partial charge in [-0.1, -0.05) is 60.2 Å². The number of allylic oxidation sites excluding steroid dienone is 1. The minimum atomic E-state index is 0.0522. The van der Waals surface area contributed by atoms with Crippen LogP contribution in [0.2, 0.25) is 0 Å². The van der Waals surface area contributed by atoms with Crippen molar-refractivity contribution >= 4 is 11.9 Å². The average Bonchev–Trinajstić information content (AvgIpc) is 2.37. The quantitative estimate of drug-likeness (QED) is 0.576. The van der Waals surface area contributed by atoms with E-state index in [9.17, 15) is 4.79 Å². The molecule has 0 atom stereocenters. The lowest BCUT2D eigenvalue weighted by Gasteiger charge is -2.02. The molecule has 0 aromatic heterocycles. The molecular formula is C17H16O. The molecule has 0 aliphatic carbocycles. The zero-order valence-electron chi connectivity index (χ0n) is 10.7. The molecule has 2 aromatic rings. The van der Waals surface area contributed by atoms with Crippen molar-refractivity contribution in [1.29, 1.82) is 0 Å². The molecule has 90 valence electrons. The van der Waals surface area contributed by atoms with E-state index in [4.69, 9.17) is 0 Å². The van der Waals surface area contributed by atoms with E-state index in [-0.39, 0.29) is 5.78 Å². The van der Waals surface area contributed by atoms with Gasteiger partial charge in [0, 0.05) is 5.56 Å². The predicted octanol–water partition coefficient (Wildman–Crippen LogP) is 4.20. The van der Waals surface area contributed by atoms with Crippen LogP contribution in [-0.2, 0) is 0 Å². The van der Waals surface area contributed by atoms with E-state index in [1.54, 1.807) is 6.08 Å². The lowest BCUT2D eigenvalue weighted by molar-refractivity contribution is 0.104. The first-order valence-corrected chi connectivity index (χ1v) is 6.01. The Morgan fingerprint density at radius 2 is 1.72 bits per heavy atom. The van der Waals surface area contributed by atoms with Gasteiger partial charge < -0.3 is 0 Å². The first-order valence-electron chi connectivity index (χ1n) is 6.01. The van der Waals surface area contributed by atoms with Crippen molar-refractivity contribution in [3.63, 3.8) is 0 Å². The van der Waals surface area contributed by atoms with Gasteiger partial charge in [0.05, 0.1) is 0 Å². The van der Waals surface area contributed by atoms with E-state index in [0.29, 0.717) is 0 Å². The highest BCUT2D eigenvalue weighted by Gasteiger charge is 2.05. The van der Waals surface area contributed by atoms with E-state index < -0.39 is 0 Å². The highest BCUT2D eigenvalue weighted by atomic mass is 16.1. The van der Waals surface area contributed by atoms with Gasteiger partial charge in [0.2, 0.25) is 0 Å². The fourth-order valence-electron chi connectivity index (χ4n) is 1.92. The van der Waals surface area contributed by atoms with Crippen molar-refractivity contribution in [2.24, 2.45) is 0 Å². The van der Waals surface area contributed by atoms with Gasteiger partial charge in [-0.05, 0) is 31.1 Å². The number of benzene rings is 2. The summed E-state index contributed by atoms with van der Waals surface area (Å²) >= 11 is 0. The monoisotopic (exact) mass is 236 g/mol. The second-order valence-corrected chi connectivity index (χ2v) is 4.43. The molecule has 0 amide bonds.